The summed E-state index contributed by atoms with van der Waals surface area (Å²) in [6.07, 6.45) is 5.19. The lowest BCUT2D eigenvalue weighted by molar-refractivity contribution is -0.119. The standard InChI is InChI=1S/C26H21ClN6O/c27-22-8-4-5-19(13-22)15-33(23-11-9-21(10-12-23)24-14-28-18-29-24)26(34)17-32-16-25(30-31-32)20-6-2-1-3-7-20/h1-14,16,18H,15,17H2,(H,28,29). The van der Waals surface area contributed by atoms with Gasteiger partial charge in [0, 0.05) is 16.3 Å². The number of anilines is 1. The molecule has 0 radical (unpaired) electrons. The van der Waals surface area contributed by atoms with Crippen molar-refractivity contribution in [3.8, 4) is 22.5 Å². The Hall–Kier alpha value is -4.23. The van der Waals surface area contributed by atoms with E-state index >= 15 is 0 Å². The van der Waals surface area contributed by atoms with Crippen molar-refractivity contribution in [2.75, 3.05) is 4.90 Å². The van der Waals surface area contributed by atoms with E-state index in [-0.39, 0.29) is 12.5 Å². The Morgan fingerprint density at radius 1 is 0.971 bits per heavy atom. The summed E-state index contributed by atoms with van der Waals surface area (Å²) in [4.78, 5) is 22.3. The molecule has 5 aromatic rings. The van der Waals surface area contributed by atoms with Gasteiger partial charge in [-0.05, 0) is 35.4 Å². The minimum Gasteiger partial charge on any atom is -0.345 e. The van der Waals surface area contributed by atoms with Gasteiger partial charge in [0.2, 0.25) is 5.91 Å². The molecule has 0 aliphatic carbocycles. The number of benzene rings is 3. The maximum absolute atomic E-state index is 13.4. The van der Waals surface area contributed by atoms with Crippen molar-refractivity contribution in [1.82, 2.24) is 25.0 Å². The van der Waals surface area contributed by atoms with Crippen LogP contribution in [0.3, 0.4) is 0 Å². The van der Waals surface area contributed by atoms with Gasteiger partial charge in [0.25, 0.3) is 0 Å². The van der Waals surface area contributed by atoms with Crippen molar-refractivity contribution in [2.45, 2.75) is 13.1 Å². The third kappa shape index (κ3) is 4.89. The smallest absolute Gasteiger partial charge is 0.249 e. The Bertz CT molecular complexity index is 1380. The number of aromatic nitrogens is 5. The van der Waals surface area contributed by atoms with Crippen LogP contribution >= 0.6 is 11.6 Å². The second-order valence-electron chi connectivity index (χ2n) is 7.79. The minimum absolute atomic E-state index is 0.0582. The van der Waals surface area contributed by atoms with E-state index in [4.69, 9.17) is 11.6 Å². The van der Waals surface area contributed by atoms with Crippen LogP contribution in [0.2, 0.25) is 5.02 Å². The molecule has 5 rings (SSSR count). The van der Waals surface area contributed by atoms with E-state index in [0.717, 1.165) is 33.8 Å². The zero-order chi connectivity index (χ0) is 23.3. The van der Waals surface area contributed by atoms with Crippen molar-refractivity contribution >= 4 is 23.2 Å². The molecule has 0 aliphatic rings. The third-order valence-electron chi connectivity index (χ3n) is 5.42. The molecule has 0 bridgehead atoms. The number of halogens is 1. The van der Waals surface area contributed by atoms with Gasteiger partial charge in [0.05, 0.1) is 31.0 Å². The van der Waals surface area contributed by atoms with Crippen molar-refractivity contribution < 1.29 is 4.79 Å². The van der Waals surface area contributed by atoms with E-state index in [1.807, 2.05) is 78.9 Å². The molecule has 0 aliphatic heterocycles. The van der Waals surface area contributed by atoms with Crippen molar-refractivity contribution in [2.24, 2.45) is 0 Å². The van der Waals surface area contributed by atoms with Crippen LogP contribution in [0.1, 0.15) is 5.56 Å². The quantitative estimate of drug-likeness (QED) is 0.355. The second kappa shape index (κ2) is 9.72. The first-order chi connectivity index (χ1) is 16.7. The van der Waals surface area contributed by atoms with Crippen LogP contribution in [-0.4, -0.2) is 30.9 Å². The Morgan fingerprint density at radius 2 is 1.79 bits per heavy atom. The number of amides is 1. The first kappa shape index (κ1) is 21.6. The Balaban J connectivity index is 1.41. The lowest BCUT2D eigenvalue weighted by Crippen LogP contribution is -2.33. The fourth-order valence-electron chi connectivity index (χ4n) is 3.72. The molecule has 3 aromatic carbocycles. The summed E-state index contributed by atoms with van der Waals surface area (Å²) in [7, 11) is 0. The Kier molecular flexibility index (Phi) is 6.18. The minimum atomic E-state index is -0.112. The summed E-state index contributed by atoms with van der Waals surface area (Å²) in [6.45, 7) is 0.436. The van der Waals surface area contributed by atoms with E-state index in [1.165, 1.54) is 0 Å². The number of hydrogen-bond donors (Lipinski definition) is 1. The number of carbonyl (C=O) groups excluding carboxylic acids is 1. The monoisotopic (exact) mass is 468 g/mol. The van der Waals surface area contributed by atoms with E-state index in [1.54, 1.807) is 28.3 Å². The predicted molar refractivity (Wildman–Crippen MR) is 132 cm³/mol. The van der Waals surface area contributed by atoms with E-state index < -0.39 is 0 Å². The highest BCUT2D eigenvalue weighted by molar-refractivity contribution is 6.30. The van der Waals surface area contributed by atoms with E-state index in [9.17, 15) is 4.79 Å². The summed E-state index contributed by atoms with van der Waals surface area (Å²) in [5.74, 6) is -0.112. The van der Waals surface area contributed by atoms with Crippen LogP contribution in [0.5, 0.6) is 0 Å². The molecule has 0 fully saturated rings. The van der Waals surface area contributed by atoms with Crippen molar-refractivity contribution in [1.29, 1.82) is 0 Å². The molecular formula is C26H21ClN6O. The number of imidazole rings is 1. The van der Waals surface area contributed by atoms with Gasteiger partial charge in [0.1, 0.15) is 12.2 Å². The van der Waals surface area contributed by atoms with Gasteiger partial charge in [-0.3, -0.25) is 4.79 Å². The highest BCUT2D eigenvalue weighted by atomic mass is 35.5. The summed E-state index contributed by atoms with van der Waals surface area (Å²) in [6, 6.07) is 25.0. The molecule has 2 heterocycles. The fourth-order valence-corrected chi connectivity index (χ4v) is 3.93. The molecule has 0 saturated carbocycles. The highest BCUT2D eigenvalue weighted by Gasteiger charge is 2.18. The molecule has 1 N–H and O–H groups in total. The van der Waals surface area contributed by atoms with Crippen molar-refractivity contribution in [3.63, 3.8) is 0 Å². The lowest BCUT2D eigenvalue weighted by Gasteiger charge is -2.23. The molecule has 2 aromatic heterocycles. The van der Waals surface area contributed by atoms with Crippen LogP contribution in [0.25, 0.3) is 22.5 Å². The van der Waals surface area contributed by atoms with Gasteiger partial charge in [-0.15, -0.1) is 5.10 Å². The van der Waals surface area contributed by atoms with E-state index in [0.29, 0.717) is 11.6 Å². The lowest BCUT2D eigenvalue weighted by atomic mass is 10.1. The Morgan fingerprint density at radius 3 is 2.53 bits per heavy atom. The Labute approximate surface area is 201 Å². The molecule has 8 heteroatoms. The van der Waals surface area contributed by atoms with Gasteiger partial charge in [-0.2, -0.15) is 0 Å². The second-order valence-corrected chi connectivity index (χ2v) is 8.23. The number of H-pyrrole nitrogens is 1. The normalized spacial score (nSPS) is 10.9. The molecule has 7 nitrogen and oxygen atoms in total. The maximum atomic E-state index is 13.4. The van der Waals surface area contributed by atoms with Gasteiger partial charge >= 0.3 is 0 Å². The summed E-state index contributed by atoms with van der Waals surface area (Å²) in [5.41, 5.74) is 5.28. The number of hydrogen-bond acceptors (Lipinski definition) is 4. The van der Waals surface area contributed by atoms with Crippen LogP contribution in [0.15, 0.2) is 97.6 Å². The van der Waals surface area contributed by atoms with Gasteiger partial charge in [0.15, 0.2) is 0 Å². The summed E-state index contributed by atoms with van der Waals surface area (Å²) >= 11 is 6.19. The number of nitrogens with zero attached hydrogens (tertiary/aromatic N) is 5. The topological polar surface area (TPSA) is 79.7 Å². The van der Waals surface area contributed by atoms with Gasteiger partial charge in [-0.1, -0.05) is 71.4 Å². The third-order valence-corrected chi connectivity index (χ3v) is 5.66. The summed E-state index contributed by atoms with van der Waals surface area (Å²) in [5, 5.41) is 9.02. The molecule has 0 unspecified atom stereocenters. The van der Waals surface area contributed by atoms with E-state index in [2.05, 4.69) is 20.3 Å². The molecular weight excluding hydrogens is 448 g/mol. The first-order valence-corrected chi connectivity index (χ1v) is 11.1. The average molecular weight is 469 g/mol. The molecule has 168 valence electrons. The molecule has 34 heavy (non-hydrogen) atoms. The molecule has 0 saturated heterocycles. The zero-order valence-corrected chi connectivity index (χ0v) is 18.9. The van der Waals surface area contributed by atoms with Crippen LogP contribution in [-0.2, 0) is 17.9 Å². The van der Waals surface area contributed by atoms with Crippen LogP contribution in [0.4, 0.5) is 5.69 Å². The number of nitrogens with one attached hydrogen (secondary N) is 1. The molecule has 0 atom stereocenters. The largest absolute Gasteiger partial charge is 0.345 e. The molecule has 1 amide bonds. The molecule has 0 spiro atoms. The number of aromatic amines is 1. The highest BCUT2D eigenvalue weighted by Crippen LogP contribution is 2.24. The van der Waals surface area contributed by atoms with Crippen LogP contribution < -0.4 is 4.90 Å². The summed E-state index contributed by atoms with van der Waals surface area (Å²) < 4.78 is 1.56. The fraction of sp³-hybridized carbons (Fsp3) is 0.0769. The first-order valence-electron chi connectivity index (χ1n) is 10.7. The van der Waals surface area contributed by atoms with Crippen LogP contribution in [0, 0.1) is 0 Å². The maximum Gasteiger partial charge on any atom is 0.249 e. The van der Waals surface area contributed by atoms with Crippen molar-refractivity contribution in [3.05, 3.63) is 108 Å². The predicted octanol–water partition coefficient (Wildman–Crippen LogP) is 5.22. The number of rotatable bonds is 7. The number of carbonyl (C=O) groups is 1. The SMILES string of the molecule is O=C(Cn1cc(-c2ccccc2)nn1)N(Cc1cccc(Cl)c1)c1ccc(-c2cnc[nH]2)cc1. The average Bonchev–Trinajstić information content (AvgIpc) is 3.56. The zero-order valence-electron chi connectivity index (χ0n) is 18.2. The van der Waals surface area contributed by atoms with Gasteiger partial charge in [-0.25, -0.2) is 9.67 Å². The van der Waals surface area contributed by atoms with Gasteiger partial charge < -0.3 is 9.88 Å².